The van der Waals surface area contributed by atoms with E-state index in [-0.39, 0.29) is 6.03 Å². The Bertz CT molecular complexity index is 166. The lowest BCUT2D eigenvalue weighted by atomic mass is 10.1. The van der Waals surface area contributed by atoms with Crippen molar-refractivity contribution in [2.45, 2.75) is 13.3 Å². The lowest BCUT2D eigenvalue weighted by Gasteiger charge is -2.17. The zero-order chi connectivity index (χ0) is 9.68. The van der Waals surface area contributed by atoms with Crippen molar-refractivity contribution < 1.29 is 4.79 Å². The van der Waals surface area contributed by atoms with Gasteiger partial charge in [0.05, 0.1) is 0 Å². The van der Waals surface area contributed by atoms with Crippen LogP contribution < -0.4 is 10.6 Å². The second-order valence-electron chi connectivity index (χ2n) is 3.56. The van der Waals surface area contributed by atoms with Crippen LogP contribution in [0.25, 0.3) is 0 Å². The van der Waals surface area contributed by atoms with E-state index in [4.69, 9.17) is 0 Å². The molecule has 2 N–H and O–H groups in total. The highest BCUT2D eigenvalue weighted by atomic mass is 16.2. The molecule has 13 heavy (non-hydrogen) atoms. The molecule has 76 valence electrons. The normalized spacial score (nSPS) is 21.5. The molecule has 4 heteroatoms. The monoisotopic (exact) mass is 185 g/mol. The van der Waals surface area contributed by atoms with E-state index in [1.807, 2.05) is 14.0 Å². The first-order chi connectivity index (χ1) is 6.24. The molecule has 1 rings (SSSR count). The molecule has 1 unspecified atom stereocenters. The SMILES string of the molecule is CCN(C)C(=O)NCC1CCNC1. The molecule has 0 saturated carbocycles. The van der Waals surface area contributed by atoms with Gasteiger partial charge < -0.3 is 15.5 Å². The van der Waals surface area contributed by atoms with Crippen molar-refractivity contribution in [3.05, 3.63) is 0 Å². The fraction of sp³-hybridized carbons (Fsp3) is 0.889. The zero-order valence-electron chi connectivity index (χ0n) is 8.47. The number of hydrogen-bond acceptors (Lipinski definition) is 2. The van der Waals surface area contributed by atoms with E-state index in [1.165, 1.54) is 6.42 Å². The zero-order valence-corrected chi connectivity index (χ0v) is 8.47. The van der Waals surface area contributed by atoms with Crippen LogP contribution in [-0.4, -0.2) is 44.2 Å². The Morgan fingerprint density at radius 2 is 2.46 bits per heavy atom. The smallest absolute Gasteiger partial charge is 0.317 e. The molecule has 0 aromatic heterocycles. The predicted octanol–water partition coefficient (Wildman–Crippen LogP) is 0.257. The van der Waals surface area contributed by atoms with E-state index in [9.17, 15) is 4.79 Å². The molecule has 1 atom stereocenters. The highest BCUT2D eigenvalue weighted by Crippen LogP contribution is 2.05. The minimum atomic E-state index is 0.0365. The molecule has 0 radical (unpaired) electrons. The number of amides is 2. The van der Waals surface area contributed by atoms with Gasteiger partial charge in [0.1, 0.15) is 0 Å². The van der Waals surface area contributed by atoms with Gasteiger partial charge in [0.15, 0.2) is 0 Å². The van der Waals surface area contributed by atoms with Gasteiger partial charge in [-0.2, -0.15) is 0 Å². The average molecular weight is 185 g/mol. The van der Waals surface area contributed by atoms with Crippen molar-refractivity contribution >= 4 is 6.03 Å². The van der Waals surface area contributed by atoms with Gasteiger partial charge in [0, 0.05) is 20.1 Å². The number of nitrogens with zero attached hydrogens (tertiary/aromatic N) is 1. The molecule has 0 aromatic carbocycles. The van der Waals surface area contributed by atoms with Gasteiger partial charge in [-0.1, -0.05) is 0 Å². The van der Waals surface area contributed by atoms with E-state index < -0.39 is 0 Å². The van der Waals surface area contributed by atoms with Crippen LogP contribution in [0.15, 0.2) is 0 Å². The van der Waals surface area contributed by atoms with Crippen molar-refractivity contribution in [3.63, 3.8) is 0 Å². The first kappa shape index (κ1) is 10.3. The maximum absolute atomic E-state index is 11.3. The molecule has 2 amide bonds. The maximum Gasteiger partial charge on any atom is 0.317 e. The standard InChI is InChI=1S/C9H19N3O/c1-3-12(2)9(13)11-7-8-4-5-10-6-8/h8,10H,3-7H2,1-2H3,(H,11,13). The van der Waals surface area contributed by atoms with Gasteiger partial charge in [-0.15, -0.1) is 0 Å². The molecule has 1 heterocycles. The predicted molar refractivity (Wildman–Crippen MR) is 52.7 cm³/mol. The summed E-state index contributed by atoms with van der Waals surface area (Å²) in [5.74, 6) is 0.620. The Morgan fingerprint density at radius 3 is 3.00 bits per heavy atom. The van der Waals surface area contributed by atoms with Crippen molar-refractivity contribution in [3.8, 4) is 0 Å². The number of nitrogens with one attached hydrogen (secondary N) is 2. The Hall–Kier alpha value is -0.770. The third-order valence-electron chi connectivity index (χ3n) is 2.53. The topological polar surface area (TPSA) is 44.4 Å². The van der Waals surface area contributed by atoms with Gasteiger partial charge in [-0.05, 0) is 32.4 Å². The third-order valence-corrected chi connectivity index (χ3v) is 2.53. The number of urea groups is 1. The van der Waals surface area contributed by atoms with E-state index >= 15 is 0 Å². The Labute approximate surface area is 79.7 Å². The van der Waals surface area contributed by atoms with E-state index in [2.05, 4.69) is 10.6 Å². The van der Waals surface area contributed by atoms with Crippen LogP contribution in [-0.2, 0) is 0 Å². The minimum absolute atomic E-state index is 0.0365. The molecule has 1 saturated heterocycles. The fourth-order valence-electron chi connectivity index (χ4n) is 1.40. The summed E-state index contributed by atoms with van der Waals surface area (Å²) < 4.78 is 0. The summed E-state index contributed by atoms with van der Waals surface area (Å²) in [5.41, 5.74) is 0. The lowest BCUT2D eigenvalue weighted by Crippen LogP contribution is -2.39. The highest BCUT2D eigenvalue weighted by molar-refractivity contribution is 5.73. The van der Waals surface area contributed by atoms with Gasteiger partial charge >= 0.3 is 6.03 Å². The summed E-state index contributed by atoms with van der Waals surface area (Å²) in [6.45, 7) is 5.65. The molecule has 1 aliphatic heterocycles. The number of rotatable bonds is 3. The van der Waals surface area contributed by atoms with Crippen molar-refractivity contribution in [1.82, 2.24) is 15.5 Å². The van der Waals surface area contributed by atoms with Gasteiger partial charge in [0.2, 0.25) is 0 Å². The van der Waals surface area contributed by atoms with Crippen LogP contribution in [0.4, 0.5) is 4.79 Å². The molecule has 1 fully saturated rings. The molecule has 0 spiro atoms. The highest BCUT2D eigenvalue weighted by Gasteiger charge is 2.15. The van der Waals surface area contributed by atoms with Gasteiger partial charge in [0.25, 0.3) is 0 Å². The Kier molecular flexibility index (Phi) is 4.02. The first-order valence-electron chi connectivity index (χ1n) is 4.93. The molecule has 0 aromatic rings. The van der Waals surface area contributed by atoms with Crippen LogP contribution in [0.3, 0.4) is 0 Å². The van der Waals surface area contributed by atoms with Crippen molar-refractivity contribution in [2.75, 3.05) is 33.2 Å². The molecule has 4 nitrogen and oxygen atoms in total. The summed E-state index contributed by atoms with van der Waals surface area (Å²) in [6.07, 6.45) is 1.18. The van der Waals surface area contributed by atoms with Crippen LogP contribution in [0.5, 0.6) is 0 Å². The van der Waals surface area contributed by atoms with Crippen LogP contribution in [0, 0.1) is 5.92 Å². The minimum Gasteiger partial charge on any atom is -0.338 e. The fourth-order valence-corrected chi connectivity index (χ4v) is 1.40. The number of hydrogen-bond donors (Lipinski definition) is 2. The number of carbonyl (C=O) groups excluding carboxylic acids is 1. The summed E-state index contributed by atoms with van der Waals surface area (Å²) in [4.78, 5) is 13.0. The van der Waals surface area contributed by atoms with Crippen LogP contribution in [0.1, 0.15) is 13.3 Å². The van der Waals surface area contributed by atoms with E-state index in [0.717, 1.165) is 26.2 Å². The average Bonchev–Trinajstić information content (AvgIpc) is 2.65. The summed E-state index contributed by atoms with van der Waals surface area (Å²) in [6, 6.07) is 0.0365. The molecular formula is C9H19N3O. The Morgan fingerprint density at radius 1 is 1.69 bits per heavy atom. The number of carbonyl (C=O) groups is 1. The van der Waals surface area contributed by atoms with Crippen LogP contribution in [0.2, 0.25) is 0 Å². The third kappa shape index (κ3) is 3.22. The van der Waals surface area contributed by atoms with Crippen LogP contribution >= 0.6 is 0 Å². The lowest BCUT2D eigenvalue weighted by molar-refractivity contribution is 0.209. The summed E-state index contributed by atoms with van der Waals surface area (Å²) in [7, 11) is 1.81. The molecular weight excluding hydrogens is 166 g/mol. The maximum atomic E-state index is 11.3. The first-order valence-corrected chi connectivity index (χ1v) is 4.93. The second kappa shape index (κ2) is 5.07. The van der Waals surface area contributed by atoms with Crippen molar-refractivity contribution in [1.29, 1.82) is 0 Å². The van der Waals surface area contributed by atoms with E-state index in [0.29, 0.717) is 5.92 Å². The second-order valence-corrected chi connectivity index (χ2v) is 3.56. The summed E-state index contributed by atoms with van der Waals surface area (Å²) >= 11 is 0. The quantitative estimate of drug-likeness (QED) is 0.662. The molecule has 1 aliphatic rings. The van der Waals surface area contributed by atoms with Crippen molar-refractivity contribution in [2.24, 2.45) is 5.92 Å². The van der Waals surface area contributed by atoms with Gasteiger partial charge in [-0.3, -0.25) is 0 Å². The van der Waals surface area contributed by atoms with E-state index in [1.54, 1.807) is 4.90 Å². The Balaban J connectivity index is 2.13. The largest absolute Gasteiger partial charge is 0.338 e. The molecule has 0 aliphatic carbocycles. The summed E-state index contributed by atoms with van der Waals surface area (Å²) in [5, 5.41) is 6.20. The van der Waals surface area contributed by atoms with Gasteiger partial charge in [-0.25, -0.2) is 4.79 Å². The molecule has 0 bridgehead atoms.